The summed E-state index contributed by atoms with van der Waals surface area (Å²) >= 11 is 0. The topological polar surface area (TPSA) is 55.1 Å². The summed E-state index contributed by atoms with van der Waals surface area (Å²) in [5.74, 6) is 0.361. The van der Waals surface area contributed by atoms with Crippen molar-refractivity contribution in [2.24, 2.45) is 5.92 Å². The largest absolute Gasteiger partial charge is 0.364 e. The van der Waals surface area contributed by atoms with Gasteiger partial charge >= 0.3 is 0 Å². The molecule has 0 radical (unpaired) electrons. The number of rotatable bonds is 6. The normalized spacial score (nSPS) is 15.4. The minimum atomic E-state index is -0.313. The molecule has 4 nitrogen and oxygen atoms in total. The van der Waals surface area contributed by atoms with E-state index in [1.54, 1.807) is 12.1 Å². The zero-order valence-corrected chi connectivity index (χ0v) is 13.8. The molecule has 0 saturated heterocycles. The van der Waals surface area contributed by atoms with Crippen LogP contribution in [0.2, 0.25) is 0 Å². The zero-order valence-electron chi connectivity index (χ0n) is 13.8. The van der Waals surface area contributed by atoms with Crippen LogP contribution in [0.25, 0.3) is 11.3 Å². The van der Waals surface area contributed by atoms with Crippen LogP contribution in [0.3, 0.4) is 0 Å². The Labute approximate surface area is 141 Å². The van der Waals surface area contributed by atoms with E-state index >= 15 is 0 Å². The number of halogens is 1. The number of aryl methyl sites for hydroxylation is 1. The van der Waals surface area contributed by atoms with Gasteiger partial charge < -0.3 is 9.84 Å². The standard InChI is InChI=1S/C19H23FN2O2/c20-17-8-4-7-15(11-17)19-16(13-24-22-19)9-10-18(23)21-12-14-5-2-1-3-6-14/h4,7-8,11,13-14H,1-3,5-6,9-10,12H2,(H,21,23). The van der Waals surface area contributed by atoms with Gasteiger partial charge in [0.05, 0.1) is 0 Å². The Balaban J connectivity index is 1.51. The number of nitrogens with zero attached hydrogens (tertiary/aromatic N) is 1. The number of carbonyl (C=O) groups excluding carboxylic acids is 1. The maximum absolute atomic E-state index is 13.4. The number of hydrogen-bond acceptors (Lipinski definition) is 3. The number of amides is 1. The number of benzene rings is 1. The van der Waals surface area contributed by atoms with Gasteiger partial charge in [-0.2, -0.15) is 0 Å². The van der Waals surface area contributed by atoms with Gasteiger partial charge in [-0.1, -0.05) is 36.6 Å². The molecule has 1 amide bonds. The second-order valence-electron chi connectivity index (χ2n) is 6.51. The van der Waals surface area contributed by atoms with Crippen LogP contribution >= 0.6 is 0 Å². The Morgan fingerprint density at radius 1 is 1.29 bits per heavy atom. The van der Waals surface area contributed by atoms with Crippen LogP contribution in [0.5, 0.6) is 0 Å². The van der Waals surface area contributed by atoms with Gasteiger partial charge in [0, 0.05) is 24.1 Å². The smallest absolute Gasteiger partial charge is 0.220 e. The first-order valence-corrected chi connectivity index (χ1v) is 8.68. The Morgan fingerprint density at radius 2 is 2.12 bits per heavy atom. The number of nitrogens with one attached hydrogen (secondary N) is 1. The summed E-state index contributed by atoms with van der Waals surface area (Å²) in [6.45, 7) is 0.777. The molecule has 0 aliphatic heterocycles. The van der Waals surface area contributed by atoms with Crippen molar-refractivity contribution in [1.29, 1.82) is 0 Å². The highest BCUT2D eigenvalue weighted by Crippen LogP contribution is 2.24. The van der Waals surface area contributed by atoms with Crippen molar-refractivity contribution in [2.45, 2.75) is 44.9 Å². The Kier molecular flexibility index (Phi) is 5.62. The predicted molar refractivity (Wildman–Crippen MR) is 89.8 cm³/mol. The maximum atomic E-state index is 13.4. The molecule has 2 aromatic rings. The molecule has 1 aliphatic carbocycles. The predicted octanol–water partition coefficient (Wildman–Crippen LogP) is 4.11. The van der Waals surface area contributed by atoms with Crippen LogP contribution in [-0.2, 0) is 11.2 Å². The van der Waals surface area contributed by atoms with Crippen molar-refractivity contribution in [3.8, 4) is 11.3 Å². The van der Waals surface area contributed by atoms with Gasteiger partial charge in [0.2, 0.25) is 5.91 Å². The lowest BCUT2D eigenvalue weighted by molar-refractivity contribution is -0.121. The number of hydrogen-bond donors (Lipinski definition) is 1. The number of carbonyl (C=O) groups is 1. The third-order valence-electron chi connectivity index (χ3n) is 4.68. The monoisotopic (exact) mass is 330 g/mol. The second-order valence-corrected chi connectivity index (χ2v) is 6.51. The minimum absolute atomic E-state index is 0.0481. The van der Waals surface area contributed by atoms with E-state index in [1.165, 1.54) is 50.5 Å². The van der Waals surface area contributed by atoms with Gasteiger partial charge in [-0.15, -0.1) is 0 Å². The van der Waals surface area contributed by atoms with Crippen LogP contribution in [0, 0.1) is 11.7 Å². The van der Waals surface area contributed by atoms with E-state index in [-0.39, 0.29) is 11.7 Å². The quantitative estimate of drug-likeness (QED) is 0.867. The van der Waals surface area contributed by atoms with Crippen LogP contribution in [-0.4, -0.2) is 17.6 Å². The molecule has 0 unspecified atom stereocenters. The zero-order chi connectivity index (χ0) is 16.8. The van der Waals surface area contributed by atoms with E-state index < -0.39 is 0 Å². The Hall–Kier alpha value is -2.17. The molecule has 0 atom stereocenters. The molecule has 1 fully saturated rings. The summed E-state index contributed by atoms with van der Waals surface area (Å²) in [7, 11) is 0. The molecule has 24 heavy (non-hydrogen) atoms. The fourth-order valence-corrected chi connectivity index (χ4v) is 3.29. The molecular weight excluding hydrogens is 307 g/mol. The lowest BCUT2D eigenvalue weighted by Gasteiger charge is -2.21. The first-order valence-electron chi connectivity index (χ1n) is 8.68. The Morgan fingerprint density at radius 3 is 2.92 bits per heavy atom. The van der Waals surface area contributed by atoms with E-state index in [2.05, 4.69) is 10.5 Å². The van der Waals surface area contributed by atoms with Crippen molar-refractivity contribution in [3.05, 3.63) is 41.9 Å². The molecule has 0 bridgehead atoms. The maximum Gasteiger partial charge on any atom is 0.220 e. The van der Waals surface area contributed by atoms with Gasteiger partial charge in [0.1, 0.15) is 17.8 Å². The molecular formula is C19H23FN2O2. The molecule has 1 N–H and O–H groups in total. The molecule has 1 aromatic heterocycles. The SMILES string of the molecule is O=C(CCc1conc1-c1cccc(F)c1)NCC1CCCCC1. The average molecular weight is 330 g/mol. The van der Waals surface area contributed by atoms with E-state index in [1.807, 2.05) is 0 Å². The lowest BCUT2D eigenvalue weighted by atomic mass is 9.89. The first-order chi connectivity index (χ1) is 11.7. The molecule has 1 aromatic carbocycles. The summed E-state index contributed by atoms with van der Waals surface area (Å²) < 4.78 is 18.4. The van der Waals surface area contributed by atoms with Crippen LogP contribution in [0.1, 0.15) is 44.1 Å². The lowest BCUT2D eigenvalue weighted by Crippen LogP contribution is -2.30. The molecule has 1 aliphatic rings. The fourth-order valence-electron chi connectivity index (χ4n) is 3.29. The van der Waals surface area contributed by atoms with Gasteiger partial charge in [0.25, 0.3) is 0 Å². The summed E-state index contributed by atoms with van der Waals surface area (Å²) in [5.41, 5.74) is 2.10. The van der Waals surface area contributed by atoms with Gasteiger partial charge in [0.15, 0.2) is 0 Å². The number of aromatic nitrogens is 1. The van der Waals surface area contributed by atoms with Crippen molar-refractivity contribution in [2.75, 3.05) is 6.54 Å². The fraction of sp³-hybridized carbons (Fsp3) is 0.474. The van der Waals surface area contributed by atoms with Crippen molar-refractivity contribution in [3.63, 3.8) is 0 Å². The summed E-state index contributed by atoms with van der Waals surface area (Å²) in [6, 6.07) is 6.24. The molecule has 128 valence electrons. The average Bonchev–Trinajstić information content (AvgIpc) is 3.08. The van der Waals surface area contributed by atoms with Crippen molar-refractivity contribution < 1.29 is 13.7 Å². The highest BCUT2D eigenvalue weighted by Gasteiger charge is 2.15. The van der Waals surface area contributed by atoms with Crippen LogP contribution < -0.4 is 5.32 Å². The van der Waals surface area contributed by atoms with Gasteiger partial charge in [-0.05, 0) is 37.3 Å². The second kappa shape index (κ2) is 8.08. The van der Waals surface area contributed by atoms with Crippen molar-refractivity contribution >= 4 is 5.91 Å². The van der Waals surface area contributed by atoms with E-state index in [4.69, 9.17) is 4.52 Å². The van der Waals surface area contributed by atoms with E-state index in [0.29, 0.717) is 30.0 Å². The first kappa shape index (κ1) is 16.7. The molecule has 3 rings (SSSR count). The van der Waals surface area contributed by atoms with Crippen molar-refractivity contribution in [1.82, 2.24) is 10.5 Å². The molecule has 5 heteroatoms. The summed E-state index contributed by atoms with van der Waals surface area (Å²) in [6.07, 6.45) is 8.76. The Bertz CT molecular complexity index is 678. The highest BCUT2D eigenvalue weighted by atomic mass is 19.1. The van der Waals surface area contributed by atoms with E-state index in [9.17, 15) is 9.18 Å². The third-order valence-corrected chi connectivity index (χ3v) is 4.68. The van der Waals surface area contributed by atoms with Gasteiger partial charge in [-0.25, -0.2) is 4.39 Å². The third kappa shape index (κ3) is 4.43. The van der Waals surface area contributed by atoms with Gasteiger partial charge in [-0.3, -0.25) is 4.79 Å². The molecule has 1 saturated carbocycles. The van der Waals surface area contributed by atoms with Crippen LogP contribution in [0.4, 0.5) is 4.39 Å². The summed E-state index contributed by atoms with van der Waals surface area (Å²) in [5, 5.41) is 6.98. The van der Waals surface area contributed by atoms with Crippen LogP contribution in [0.15, 0.2) is 35.1 Å². The van der Waals surface area contributed by atoms with E-state index in [0.717, 1.165) is 12.1 Å². The minimum Gasteiger partial charge on any atom is -0.364 e. The summed E-state index contributed by atoms with van der Waals surface area (Å²) in [4.78, 5) is 12.1. The highest BCUT2D eigenvalue weighted by molar-refractivity contribution is 5.76. The molecule has 1 heterocycles. The molecule has 0 spiro atoms.